The molecule has 0 aliphatic heterocycles. The van der Waals surface area contributed by atoms with Crippen molar-refractivity contribution in [3.8, 4) is 16.9 Å². The maximum absolute atomic E-state index is 11.7. The van der Waals surface area contributed by atoms with Crippen molar-refractivity contribution in [2.45, 2.75) is 31.7 Å². The summed E-state index contributed by atoms with van der Waals surface area (Å²) in [6.07, 6.45) is 3.92. The van der Waals surface area contributed by atoms with Crippen molar-refractivity contribution in [2.75, 3.05) is 6.26 Å². The van der Waals surface area contributed by atoms with Gasteiger partial charge in [0, 0.05) is 17.9 Å². The van der Waals surface area contributed by atoms with Crippen molar-refractivity contribution in [1.82, 2.24) is 14.9 Å². The van der Waals surface area contributed by atoms with Gasteiger partial charge in [0.2, 0.25) is 5.52 Å². The van der Waals surface area contributed by atoms with Gasteiger partial charge in [-0.05, 0) is 49.7 Å². The molecule has 0 spiro atoms. The van der Waals surface area contributed by atoms with Gasteiger partial charge in [-0.2, -0.15) is 10.2 Å². The molecule has 0 unspecified atom stereocenters. The number of hydrogen-bond acceptors (Lipinski definition) is 3. The van der Waals surface area contributed by atoms with Crippen LogP contribution in [0.3, 0.4) is 0 Å². The van der Waals surface area contributed by atoms with E-state index in [2.05, 4.69) is 46.9 Å². The van der Waals surface area contributed by atoms with Gasteiger partial charge in [0.05, 0.1) is 33.6 Å². The summed E-state index contributed by atoms with van der Waals surface area (Å²) < 4.78 is 27.4. The highest BCUT2D eigenvalue weighted by Crippen LogP contribution is 2.27. The normalized spacial score (nSPS) is 12.0. The van der Waals surface area contributed by atoms with Gasteiger partial charge in [-0.25, -0.2) is 13.1 Å². The van der Waals surface area contributed by atoms with Gasteiger partial charge >= 0.3 is 0 Å². The maximum atomic E-state index is 11.7. The molecule has 0 aliphatic rings. The van der Waals surface area contributed by atoms with Crippen LogP contribution in [0.1, 0.15) is 19.5 Å². The summed E-state index contributed by atoms with van der Waals surface area (Å²) in [5.41, 5.74) is 5.22. The van der Waals surface area contributed by atoms with Gasteiger partial charge in [-0.15, -0.1) is 4.68 Å². The van der Waals surface area contributed by atoms with Crippen LogP contribution in [0.2, 0.25) is 0 Å². The Morgan fingerprint density at radius 2 is 1.82 bits per heavy atom. The van der Waals surface area contributed by atoms with Crippen LogP contribution < -0.4 is 4.68 Å². The Morgan fingerprint density at radius 1 is 1.07 bits per heavy atom. The third-order valence-corrected chi connectivity index (χ3v) is 6.13. The van der Waals surface area contributed by atoms with Crippen molar-refractivity contribution in [3.63, 3.8) is 0 Å². The largest absolute Gasteiger partial charge is 0.239 e. The minimum atomic E-state index is -3.22. The van der Waals surface area contributed by atoms with Crippen LogP contribution >= 0.6 is 0 Å². The quantitative estimate of drug-likeness (QED) is 0.527. The molecule has 4 aromatic rings. The Balaban J connectivity index is 1.81. The predicted molar refractivity (Wildman–Crippen MR) is 109 cm³/mol. The summed E-state index contributed by atoms with van der Waals surface area (Å²) in [5, 5.41) is 9.15. The molecule has 0 radical (unpaired) electrons. The lowest BCUT2D eigenvalue weighted by molar-refractivity contribution is -0.724. The Morgan fingerprint density at radius 3 is 2.46 bits per heavy atom. The molecular weight excluding hydrogens is 372 g/mol. The van der Waals surface area contributed by atoms with Gasteiger partial charge in [0.1, 0.15) is 0 Å². The number of nitrogens with zero attached hydrogens (tertiary/aromatic N) is 3. The van der Waals surface area contributed by atoms with Crippen LogP contribution in [0.5, 0.6) is 0 Å². The number of hydrogen-bond donors (Lipinski definition) is 1. The first-order chi connectivity index (χ1) is 13.4. The van der Waals surface area contributed by atoms with Crippen molar-refractivity contribution >= 4 is 20.7 Å². The number of aromatic amines is 1. The second kappa shape index (κ2) is 6.91. The minimum Gasteiger partial charge on any atom is -0.233 e. The molecule has 0 bridgehead atoms. The molecule has 2 aromatic carbocycles. The number of H-pyrrole nitrogens is 1. The van der Waals surface area contributed by atoms with Crippen LogP contribution in [0.25, 0.3) is 27.8 Å². The van der Waals surface area contributed by atoms with Crippen molar-refractivity contribution in [1.29, 1.82) is 0 Å². The molecule has 2 heterocycles. The van der Waals surface area contributed by atoms with Gasteiger partial charge in [0.25, 0.3) is 0 Å². The molecule has 0 saturated heterocycles. The first-order valence-electron chi connectivity index (χ1n) is 9.31. The number of benzene rings is 2. The highest BCUT2D eigenvalue weighted by molar-refractivity contribution is 7.90. The van der Waals surface area contributed by atoms with E-state index < -0.39 is 9.84 Å². The second-order valence-electron chi connectivity index (χ2n) is 6.81. The van der Waals surface area contributed by atoms with Crippen LogP contribution in [-0.4, -0.2) is 29.6 Å². The molecule has 0 aliphatic carbocycles. The molecule has 0 saturated carbocycles. The first-order valence-corrected chi connectivity index (χ1v) is 11.2. The van der Waals surface area contributed by atoms with E-state index in [1.807, 2.05) is 10.7 Å². The van der Waals surface area contributed by atoms with Gasteiger partial charge in [-0.1, -0.05) is 13.0 Å². The van der Waals surface area contributed by atoms with E-state index in [-0.39, 0.29) is 0 Å². The summed E-state index contributed by atoms with van der Waals surface area (Å²) in [5.74, 6) is 0. The highest BCUT2D eigenvalue weighted by Gasteiger charge is 2.18. The van der Waals surface area contributed by atoms with E-state index in [1.165, 1.54) is 17.3 Å². The standard InChI is InChI=1S/C21H22N4O2S/c1-4-19-18-11-6-15(14-21(18)24(5-2)23-19)20-12-13-22-25(20)16-7-9-17(10-8-16)28(3,26)27/h6-14H,4-5H2,1-3H3/p+1. The lowest BCUT2D eigenvalue weighted by Crippen LogP contribution is -2.34. The molecule has 1 N–H and O–H groups in total. The number of nitrogens with one attached hydrogen (secondary N) is 1. The number of aromatic nitrogens is 4. The smallest absolute Gasteiger partial charge is 0.233 e. The topological polar surface area (TPSA) is 71.6 Å². The van der Waals surface area contributed by atoms with Crippen LogP contribution in [0.4, 0.5) is 0 Å². The molecule has 6 nitrogen and oxygen atoms in total. The van der Waals surface area contributed by atoms with Gasteiger partial charge in [0.15, 0.2) is 16.4 Å². The van der Waals surface area contributed by atoms with Crippen LogP contribution in [0.15, 0.2) is 59.6 Å². The van der Waals surface area contributed by atoms with Crippen molar-refractivity contribution in [2.24, 2.45) is 0 Å². The van der Waals surface area contributed by atoms with E-state index in [1.54, 1.807) is 30.5 Å². The van der Waals surface area contributed by atoms with Gasteiger partial charge < -0.3 is 0 Å². The SMILES string of the molecule is CCc1[nH][n+](CC)c2cc(-c3ccnn3-c3ccc(S(C)(=O)=O)cc3)ccc12. The summed E-state index contributed by atoms with van der Waals surface area (Å²) >= 11 is 0. The van der Waals surface area contributed by atoms with E-state index in [0.29, 0.717) is 4.90 Å². The number of aryl methyl sites for hydroxylation is 2. The Labute approximate surface area is 164 Å². The summed E-state index contributed by atoms with van der Waals surface area (Å²) in [6, 6.07) is 15.2. The lowest BCUT2D eigenvalue weighted by Gasteiger charge is -2.08. The summed E-state index contributed by atoms with van der Waals surface area (Å²) in [4.78, 5) is 0.301. The maximum Gasteiger partial charge on any atom is 0.239 e. The minimum absolute atomic E-state index is 0.301. The van der Waals surface area contributed by atoms with E-state index in [9.17, 15) is 8.42 Å². The van der Waals surface area contributed by atoms with E-state index in [0.717, 1.165) is 35.4 Å². The highest BCUT2D eigenvalue weighted by atomic mass is 32.2. The molecule has 4 rings (SSSR count). The Hall–Kier alpha value is -2.93. The molecule has 28 heavy (non-hydrogen) atoms. The van der Waals surface area contributed by atoms with Crippen molar-refractivity contribution < 1.29 is 13.1 Å². The molecule has 144 valence electrons. The van der Waals surface area contributed by atoms with Crippen molar-refractivity contribution in [3.05, 3.63) is 60.4 Å². The van der Waals surface area contributed by atoms with E-state index >= 15 is 0 Å². The molecular formula is C21H23N4O2S+. The fraction of sp³-hybridized carbons (Fsp3) is 0.238. The molecule has 2 aromatic heterocycles. The third-order valence-electron chi connectivity index (χ3n) is 5.00. The molecule has 0 fully saturated rings. The number of sulfone groups is 1. The van der Waals surface area contributed by atoms with Crippen LogP contribution in [0, 0.1) is 0 Å². The van der Waals surface area contributed by atoms with E-state index in [4.69, 9.17) is 0 Å². The second-order valence-corrected chi connectivity index (χ2v) is 8.83. The zero-order chi connectivity index (χ0) is 19.9. The third kappa shape index (κ3) is 3.11. The van der Waals surface area contributed by atoms with Gasteiger partial charge in [-0.3, -0.25) is 0 Å². The lowest BCUT2D eigenvalue weighted by atomic mass is 10.1. The average molecular weight is 396 g/mol. The molecule has 0 amide bonds. The first kappa shape index (κ1) is 18.4. The summed E-state index contributed by atoms with van der Waals surface area (Å²) in [6.45, 7) is 5.14. The Bertz CT molecular complexity index is 1250. The fourth-order valence-electron chi connectivity index (χ4n) is 3.53. The molecule has 7 heteroatoms. The predicted octanol–water partition coefficient (Wildman–Crippen LogP) is 3.29. The monoisotopic (exact) mass is 395 g/mol. The Kier molecular flexibility index (Phi) is 4.55. The zero-order valence-corrected chi connectivity index (χ0v) is 17.0. The number of rotatable bonds is 5. The average Bonchev–Trinajstić information content (AvgIpc) is 3.31. The zero-order valence-electron chi connectivity index (χ0n) is 16.2. The summed E-state index contributed by atoms with van der Waals surface area (Å²) in [7, 11) is -3.22. The fourth-order valence-corrected chi connectivity index (χ4v) is 4.16. The number of fused-ring (bicyclic) bond motifs is 1. The molecule has 0 atom stereocenters. The van der Waals surface area contributed by atoms with Crippen LogP contribution in [-0.2, 0) is 22.8 Å².